The lowest BCUT2D eigenvalue weighted by Crippen LogP contribution is -2.49. The molecule has 0 saturated carbocycles. The predicted molar refractivity (Wildman–Crippen MR) is 92.7 cm³/mol. The Hall–Kier alpha value is -2.21. The van der Waals surface area contributed by atoms with Gasteiger partial charge in [-0.15, -0.1) is 0 Å². The van der Waals surface area contributed by atoms with Gasteiger partial charge >= 0.3 is 0 Å². The number of ether oxygens (including phenoxy) is 1. The molecular weight excluding hydrogens is 318 g/mol. The number of nitrogens with one attached hydrogen (secondary N) is 1. The first kappa shape index (κ1) is 17.6. The zero-order valence-electron chi connectivity index (χ0n) is 13.7. The molecule has 3 N–H and O–H groups in total. The van der Waals surface area contributed by atoms with Crippen molar-refractivity contribution >= 4 is 5.91 Å². The van der Waals surface area contributed by atoms with E-state index in [0.717, 1.165) is 11.1 Å². The lowest BCUT2D eigenvalue weighted by molar-refractivity contribution is -0.123. The van der Waals surface area contributed by atoms with Crippen LogP contribution >= 0.6 is 0 Å². The standard InChI is InChI=1S/C20H21NO4/c1-13-18(19(23)16(12-22)25-13)21-20(24)17(14-8-4-2-5-9-14)15-10-6-3-7-11-15/h1-11,13,16-19,22-23H,12H2,(H,21,24)/t13-,16+,18?,19-/m0/s1. The molecular formula is C20H21NO4. The summed E-state index contributed by atoms with van der Waals surface area (Å²) in [6.07, 6.45) is -2.73. The first-order chi connectivity index (χ1) is 12.1. The number of hydrogen-bond acceptors (Lipinski definition) is 4. The molecule has 1 unspecified atom stereocenters. The van der Waals surface area contributed by atoms with Crippen molar-refractivity contribution in [2.75, 3.05) is 6.61 Å². The normalized spacial score (nSPS) is 25.9. The summed E-state index contributed by atoms with van der Waals surface area (Å²) in [6, 6.07) is 18.0. The van der Waals surface area contributed by atoms with Gasteiger partial charge in [-0.3, -0.25) is 4.79 Å². The van der Waals surface area contributed by atoms with Crippen LogP contribution in [0.2, 0.25) is 0 Å². The van der Waals surface area contributed by atoms with Crippen LogP contribution < -0.4 is 5.32 Å². The highest BCUT2D eigenvalue weighted by Crippen LogP contribution is 2.27. The molecule has 0 aromatic heterocycles. The van der Waals surface area contributed by atoms with Crippen LogP contribution in [0.3, 0.4) is 0 Å². The average Bonchev–Trinajstić information content (AvgIpc) is 2.91. The Morgan fingerprint density at radius 2 is 1.60 bits per heavy atom. The van der Waals surface area contributed by atoms with E-state index in [0.29, 0.717) is 0 Å². The third-order valence-electron chi connectivity index (χ3n) is 4.45. The second-order valence-electron chi connectivity index (χ2n) is 6.10. The second-order valence-corrected chi connectivity index (χ2v) is 6.10. The monoisotopic (exact) mass is 339 g/mol. The second kappa shape index (κ2) is 7.78. The highest BCUT2D eigenvalue weighted by Gasteiger charge is 2.42. The van der Waals surface area contributed by atoms with Gasteiger partial charge in [-0.05, 0) is 18.1 Å². The smallest absolute Gasteiger partial charge is 0.232 e. The number of aliphatic hydroxyl groups is 2. The zero-order chi connectivity index (χ0) is 17.8. The third-order valence-corrected chi connectivity index (χ3v) is 4.45. The molecule has 1 saturated heterocycles. The Morgan fingerprint density at radius 1 is 1.08 bits per heavy atom. The van der Waals surface area contributed by atoms with Crippen LogP contribution in [-0.4, -0.2) is 47.1 Å². The van der Waals surface area contributed by atoms with Gasteiger partial charge in [0, 0.05) is 0 Å². The maximum absolute atomic E-state index is 13.0. The zero-order valence-corrected chi connectivity index (χ0v) is 13.7. The quantitative estimate of drug-likeness (QED) is 0.763. The van der Waals surface area contributed by atoms with Gasteiger partial charge in [-0.1, -0.05) is 60.7 Å². The molecule has 4 atom stereocenters. The van der Waals surface area contributed by atoms with Crippen LogP contribution in [0.4, 0.5) is 0 Å². The minimum atomic E-state index is -1.06. The Labute approximate surface area is 147 Å². The number of hydrogen-bond donors (Lipinski definition) is 3. The molecule has 5 heteroatoms. The minimum absolute atomic E-state index is 0.279. The van der Waals surface area contributed by atoms with E-state index in [1.807, 2.05) is 60.7 Å². The number of rotatable bonds is 5. The van der Waals surface area contributed by atoms with Gasteiger partial charge in [0.05, 0.1) is 24.7 Å². The Morgan fingerprint density at radius 3 is 2.04 bits per heavy atom. The van der Waals surface area contributed by atoms with Crippen LogP contribution in [0.25, 0.3) is 0 Å². The largest absolute Gasteiger partial charge is 0.394 e. The summed E-state index contributed by atoms with van der Waals surface area (Å²) in [5, 5.41) is 22.2. The summed E-state index contributed by atoms with van der Waals surface area (Å²) < 4.78 is 5.29. The number of carbonyl (C=O) groups excluding carboxylic acids is 1. The van der Waals surface area contributed by atoms with Gasteiger partial charge in [-0.25, -0.2) is 0 Å². The molecule has 25 heavy (non-hydrogen) atoms. The van der Waals surface area contributed by atoms with E-state index in [-0.39, 0.29) is 12.5 Å². The molecule has 2 radical (unpaired) electrons. The molecule has 0 spiro atoms. The number of amides is 1. The van der Waals surface area contributed by atoms with Crippen LogP contribution in [0.5, 0.6) is 0 Å². The predicted octanol–water partition coefficient (Wildman–Crippen LogP) is 1.13. The van der Waals surface area contributed by atoms with Crippen molar-refractivity contribution in [2.24, 2.45) is 0 Å². The van der Waals surface area contributed by atoms with Gasteiger partial charge in [0.15, 0.2) is 0 Å². The van der Waals surface area contributed by atoms with E-state index < -0.39 is 30.3 Å². The first-order valence-corrected chi connectivity index (χ1v) is 8.22. The lowest BCUT2D eigenvalue weighted by atomic mass is 9.90. The minimum Gasteiger partial charge on any atom is -0.394 e. The number of carbonyl (C=O) groups is 1. The molecule has 130 valence electrons. The average molecular weight is 339 g/mol. The highest BCUT2D eigenvalue weighted by molar-refractivity contribution is 5.87. The molecule has 0 bridgehead atoms. The van der Waals surface area contributed by atoms with Gasteiger partial charge in [-0.2, -0.15) is 0 Å². The van der Waals surface area contributed by atoms with Crippen molar-refractivity contribution in [1.82, 2.24) is 5.32 Å². The topological polar surface area (TPSA) is 78.8 Å². The van der Waals surface area contributed by atoms with Crippen LogP contribution in [0.15, 0.2) is 60.7 Å². The van der Waals surface area contributed by atoms with E-state index in [1.54, 1.807) is 0 Å². The molecule has 3 rings (SSSR count). The molecule has 1 amide bonds. The van der Waals surface area contributed by atoms with Crippen molar-refractivity contribution < 1.29 is 19.7 Å². The first-order valence-electron chi connectivity index (χ1n) is 8.22. The van der Waals surface area contributed by atoms with Gasteiger partial charge < -0.3 is 20.3 Å². The lowest BCUT2D eigenvalue weighted by Gasteiger charge is -2.24. The summed E-state index contributed by atoms with van der Waals surface area (Å²) in [5.74, 6) is -0.811. The van der Waals surface area contributed by atoms with E-state index in [4.69, 9.17) is 11.7 Å². The molecule has 5 nitrogen and oxygen atoms in total. The fourth-order valence-electron chi connectivity index (χ4n) is 3.14. The van der Waals surface area contributed by atoms with Crippen LogP contribution in [-0.2, 0) is 9.53 Å². The summed E-state index contributed by atoms with van der Waals surface area (Å²) >= 11 is 0. The van der Waals surface area contributed by atoms with Crippen molar-refractivity contribution in [2.45, 2.75) is 30.3 Å². The summed E-state index contributed by atoms with van der Waals surface area (Å²) in [5.41, 5.74) is 1.68. The number of benzene rings is 2. The summed E-state index contributed by atoms with van der Waals surface area (Å²) in [6.45, 7) is 5.49. The molecule has 2 aromatic carbocycles. The highest BCUT2D eigenvalue weighted by atomic mass is 16.5. The molecule has 1 heterocycles. The van der Waals surface area contributed by atoms with Crippen LogP contribution in [0, 0.1) is 6.92 Å². The van der Waals surface area contributed by atoms with Crippen LogP contribution in [0.1, 0.15) is 17.0 Å². The SMILES string of the molecule is [CH][C@@H]1O[C@H](CO)[C@H](O)C1NC(=O)C(c1ccccc1)c1ccccc1. The Balaban J connectivity index is 1.86. The van der Waals surface area contributed by atoms with Gasteiger partial charge in [0.25, 0.3) is 0 Å². The molecule has 1 fully saturated rings. The fraction of sp³-hybridized carbons (Fsp3) is 0.300. The van der Waals surface area contributed by atoms with Crippen molar-refractivity contribution in [3.63, 3.8) is 0 Å². The van der Waals surface area contributed by atoms with Crippen molar-refractivity contribution in [1.29, 1.82) is 0 Å². The van der Waals surface area contributed by atoms with Gasteiger partial charge in [0.1, 0.15) is 12.2 Å². The summed E-state index contributed by atoms with van der Waals surface area (Å²) in [4.78, 5) is 13.0. The molecule has 2 aromatic rings. The summed E-state index contributed by atoms with van der Waals surface area (Å²) in [7, 11) is 0. The van der Waals surface area contributed by atoms with E-state index in [1.165, 1.54) is 0 Å². The number of aliphatic hydroxyl groups excluding tert-OH is 2. The molecule has 1 aliphatic rings. The fourth-order valence-corrected chi connectivity index (χ4v) is 3.14. The van der Waals surface area contributed by atoms with Crippen molar-refractivity contribution in [3.05, 3.63) is 78.7 Å². The maximum atomic E-state index is 13.0. The Bertz CT molecular complexity index is 652. The van der Waals surface area contributed by atoms with Gasteiger partial charge in [0.2, 0.25) is 5.91 Å². The third kappa shape index (κ3) is 3.74. The van der Waals surface area contributed by atoms with E-state index in [2.05, 4.69) is 5.32 Å². The molecule has 1 aliphatic heterocycles. The van der Waals surface area contributed by atoms with E-state index in [9.17, 15) is 15.0 Å². The Kier molecular flexibility index (Phi) is 5.48. The van der Waals surface area contributed by atoms with E-state index >= 15 is 0 Å². The van der Waals surface area contributed by atoms with Crippen molar-refractivity contribution in [3.8, 4) is 0 Å². The molecule has 0 aliphatic carbocycles. The maximum Gasteiger partial charge on any atom is 0.232 e.